The number of anilines is 1. The number of aryl methyl sites for hydroxylation is 1. The summed E-state index contributed by atoms with van der Waals surface area (Å²) < 4.78 is 9.16. The minimum Gasteiger partial charge on any atom is -0.462 e. The molecule has 2 heterocycles. The summed E-state index contributed by atoms with van der Waals surface area (Å²) in [7, 11) is 0. The van der Waals surface area contributed by atoms with Crippen molar-refractivity contribution in [3.8, 4) is 0 Å². The summed E-state index contributed by atoms with van der Waals surface area (Å²) in [5.74, 6) is -0.335. The van der Waals surface area contributed by atoms with Gasteiger partial charge in [-0.3, -0.25) is 4.79 Å². The summed E-state index contributed by atoms with van der Waals surface area (Å²) in [6.45, 7) is 5.68. The summed E-state index contributed by atoms with van der Waals surface area (Å²) in [6, 6.07) is 0. The SMILES string of the molecule is CCOC(=O)c1c(C)nsc1NCC(=O)N1CCCC1. The van der Waals surface area contributed by atoms with Crippen LogP contribution in [0.4, 0.5) is 5.00 Å². The number of aromatic nitrogens is 1. The monoisotopic (exact) mass is 297 g/mol. The van der Waals surface area contributed by atoms with Crippen molar-refractivity contribution in [3.05, 3.63) is 11.3 Å². The topological polar surface area (TPSA) is 71.5 Å². The van der Waals surface area contributed by atoms with Crippen LogP contribution < -0.4 is 5.32 Å². The van der Waals surface area contributed by atoms with Gasteiger partial charge in [-0.15, -0.1) is 0 Å². The van der Waals surface area contributed by atoms with E-state index in [-0.39, 0.29) is 12.5 Å². The first-order valence-corrected chi connectivity index (χ1v) is 7.56. The Bertz CT molecular complexity index is 495. The van der Waals surface area contributed by atoms with Crippen LogP contribution >= 0.6 is 11.5 Å². The Morgan fingerprint density at radius 2 is 2.10 bits per heavy atom. The smallest absolute Gasteiger partial charge is 0.343 e. The maximum Gasteiger partial charge on any atom is 0.343 e. The first kappa shape index (κ1) is 14.8. The van der Waals surface area contributed by atoms with Gasteiger partial charge in [0.1, 0.15) is 10.6 Å². The Hall–Kier alpha value is -1.63. The third-order valence-electron chi connectivity index (χ3n) is 3.20. The number of nitrogens with one attached hydrogen (secondary N) is 1. The van der Waals surface area contributed by atoms with Gasteiger partial charge in [0.05, 0.1) is 18.8 Å². The van der Waals surface area contributed by atoms with Gasteiger partial charge in [0, 0.05) is 13.1 Å². The summed E-state index contributed by atoms with van der Waals surface area (Å²) in [5, 5.41) is 3.62. The van der Waals surface area contributed by atoms with Crippen molar-refractivity contribution in [2.24, 2.45) is 0 Å². The molecule has 1 aliphatic rings. The quantitative estimate of drug-likeness (QED) is 0.837. The second-order valence-electron chi connectivity index (χ2n) is 4.63. The molecule has 0 unspecified atom stereocenters. The summed E-state index contributed by atoms with van der Waals surface area (Å²) in [4.78, 5) is 25.7. The van der Waals surface area contributed by atoms with E-state index in [2.05, 4.69) is 9.69 Å². The molecule has 1 aromatic rings. The Kier molecular flexibility index (Phi) is 4.94. The molecule has 110 valence electrons. The van der Waals surface area contributed by atoms with Gasteiger partial charge in [-0.1, -0.05) is 0 Å². The van der Waals surface area contributed by atoms with Crippen LogP contribution in [0.15, 0.2) is 0 Å². The van der Waals surface area contributed by atoms with Crippen molar-refractivity contribution in [3.63, 3.8) is 0 Å². The van der Waals surface area contributed by atoms with Gasteiger partial charge in [0.2, 0.25) is 5.91 Å². The van der Waals surface area contributed by atoms with Crippen molar-refractivity contribution in [2.45, 2.75) is 26.7 Å². The Balaban J connectivity index is 1.99. The van der Waals surface area contributed by atoms with Crippen molar-refractivity contribution in [2.75, 3.05) is 31.6 Å². The van der Waals surface area contributed by atoms with Crippen LogP contribution in [-0.2, 0) is 9.53 Å². The molecule has 1 aliphatic heterocycles. The Morgan fingerprint density at radius 3 is 2.75 bits per heavy atom. The predicted octanol–water partition coefficient (Wildman–Crippen LogP) is 1.66. The van der Waals surface area contributed by atoms with Crippen LogP contribution in [-0.4, -0.2) is 47.4 Å². The van der Waals surface area contributed by atoms with Crippen molar-refractivity contribution >= 4 is 28.4 Å². The van der Waals surface area contributed by atoms with Crippen LogP contribution in [0, 0.1) is 6.92 Å². The minimum absolute atomic E-state index is 0.0587. The van der Waals surface area contributed by atoms with E-state index in [9.17, 15) is 9.59 Å². The van der Waals surface area contributed by atoms with E-state index in [1.165, 1.54) is 11.5 Å². The zero-order valence-electron chi connectivity index (χ0n) is 11.8. The fraction of sp³-hybridized carbons (Fsp3) is 0.615. The molecular formula is C13H19N3O3S. The second-order valence-corrected chi connectivity index (χ2v) is 5.41. The zero-order valence-corrected chi connectivity index (χ0v) is 12.6. The second kappa shape index (κ2) is 6.69. The molecular weight excluding hydrogens is 278 g/mol. The van der Waals surface area contributed by atoms with Crippen LogP contribution in [0.1, 0.15) is 35.8 Å². The molecule has 7 heteroatoms. The summed E-state index contributed by atoms with van der Waals surface area (Å²) in [5.41, 5.74) is 1.07. The number of likely N-dealkylation sites (tertiary alicyclic amines) is 1. The first-order chi connectivity index (χ1) is 9.63. The van der Waals surface area contributed by atoms with Gasteiger partial charge in [0.15, 0.2) is 0 Å². The number of rotatable bonds is 5. The van der Waals surface area contributed by atoms with Gasteiger partial charge in [-0.2, -0.15) is 4.37 Å². The lowest BCUT2D eigenvalue weighted by atomic mass is 10.2. The average Bonchev–Trinajstić information content (AvgIpc) is 3.05. The average molecular weight is 297 g/mol. The number of nitrogens with zero attached hydrogens (tertiary/aromatic N) is 2. The predicted molar refractivity (Wildman–Crippen MR) is 77.1 cm³/mol. The molecule has 0 aliphatic carbocycles. The van der Waals surface area contributed by atoms with Crippen LogP contribution in [0.5, 0.6) is 0 Å². The number of hydrogen-bond acceptors (Lipinski definition) is 6. The first-order valence-electron chi connectivity index (χ1n) is 6.78. The number of carbonyl (C=O) groups excluding carboxylic acids is 2. The van der Waals surface area contributed by atoms with E-state index in [0.717, 1.165) is 25.9 Å². The van der Waals surface area contributed by atoms with Gasteiger partial charge in [-0.05, 0) is 38.2 Å². The molecule has 6 nitrogen and oxygen atoms in total. The third-order valence-corrected chi connectivity index (χ3v) is 4.10. The van der Waals surface area contributed by atoms with E-state index in [1.54, 1.807) is 13.8 Å². The highest BCUT2D eigenvalue weighted by molar-refractivity contribution is 7.10. The van der Waals surface area contributed by atoms with Gasteiger partial charge < -0.3 is 15.0 Å². The number of esters is 1. The number of hydrogen-bond donors (Lipinski definition) is 1. The molecule has 1 N–H and O–H groups in total. The van der Waals surface area contributed by atoms with E-state index in [4.69, 9.17) is 4.74 Å². The van der Waals surface area contributed by atoms with Crippen LogP contribution in [0.2, 0.25) is 0 Å². The normalized spacial score (nSPS) is 14.4. The fourth-order valence-electron chi connectivity index (χ4n) is 2.17. The number of ether oxygens (including phenoxy) is 1. The van der Waals surface area contributed by atoms with E-state index in [1.807, 2.05) is 4.90 Å². The number of amides is 1. The van der Waals surface area contributed by atoms with Crippen molar-refractivity contribution in [1.29, 1.82) is 0 Å². The molecule has 0 aromatic carbocycles. The Morgan fingerprint density at radius 1 is 1.40 bits per heavy atom. The van der Waals surface area contributed by atoms with E-state index >= 15 is 0 Å². The fourth-order valence-corrected chi connectivity index (χ4v) is 2.95. The lowest BCUT2D eigenvalue weighted by Crippen LogP contribution is -2.33. The lowest BCUT2D eigenvalue weighted by molar-refractivity contribution is -0.128. The summed E-state index contributed by atoms with van der Waals surface area (Å²) in [6.07, 6.45) is 2.14. The van der Waals surface area contributed by atoms with Crippen LogP contribution in [0.25, 0.3) is 0 Å². The molecule has 1 amide bonds. The molecule has 1 aromatic heterocycles. The highest BCUT2D eigenvalue weighted by Crippen LogP contribution is 2.25. The third kappa shape index (κ3) is 3.27. The maximum absolute atomic E-state index is 12.0. The molecule has 0 saturated carbocycles. The Labute approximate surface area is 122 Å². The molecule has 0 radical (unpaired) electrons. The largest absolute Gasteiger partial charge is 0.462 e. The van der Waals surface area contributed by atoms with Crippen molar-refractivity contribution in [1.82, 2.24) is 9.27 Å². The maximum atomic E-state index is 12.0. The highest BCUT2D eigenvalue weighted by atomic mass is 32.1. The van der Waals surface area contributed by atoms with Gasteiger partial charge in [0.25, 0.3) is 0 Å². The van der Waals surface area contributed by atoms with E-state index < -0.39 is 5.97 Å². The molecule has 0 bridgehead atoms. The summed E-state index contributed by atoms with van der Waals surface area (Å²) >= 11 is 1.18. The van der Waals surface area contributed by atoms with Crippen LogP contribution in [0.3, 0.4) is 0 Å². The number of carbonyl (C=O) groups is 2. The minimum atomic E-state index is -0.394. The van der Waals surface area contributed by atoms with Gasteiger partial charge in [-0.25, -0.2) is 4.79 Å². The molecule has 2 rings (SSSR count). The molecule has 1 saturated heterocycles. The standard InChI is InChI=1S/C13H19N3O3S/c1-3-19-13(18)11-9(2)15-20-12(11)14-8-10(17)16-6-4-5-7-16/h14H,3-8H2,1-2H3. The highest BCUT2D eigenvalue weighted by Gasteiger charge is 2.22. The molecule has 0 spiro atoms. The molecule has 20 heavy (non-hydrogen) atoms. The zero-order chi connectivity index (χ0) is 14.5. The molecule has 1 fully saturated rings. The lowest BCUT2D eigenvalue weighted by Gasteiger charge is -2.15. The van der Waals surface area contributed by atoms with E-state index in [0.29, 0.717) is 22.9 Å². The van der Waals surface area contributed by atoms with Gasteiger partial charge >= 0.3 is 5.97 Å². The van der Waals surface area contributed by atoms with Crippen molar-refractivity contribution < 1.29 is 14.3 Å². The molecule has 0 atom stereocenters.